The second kappa shape index (κ2) is 17.8. The summed E-state index contributed by atoms with van der Waals surface area (Å²) in [4.78, 5) is 63.0. The minimum absolute atomic E-state index is 0.0531. The number of fused-ring (bicyclic) bond motifs is 1. The molecule has 5 atom stereocenters. The average molecular weight is 823 g/mol. The minimum Gasteiger partial charge on any atom is -0.497 e. The van der Waals surface area contributed by atoms with Gasteiger partial charge in [0.25, 0.3) is 5.91 Å². The van der Waals surface area contributed by atoms with Crippen LogP contribution in [0.25, 0.3) is 10.9 Å². The number of nitrogens with zero attached hydrogens (tertiary/aromatic N) is 3. The summed E-state index contributed by atoms with van der Waals surface area (Å²) < 4.78 is 44.4. The van der Waals surface area contributed by atoms with Crippen molar-refractivity contribution >= 4 is 44.7 Å². The van der Waals surface area contributed by atoms with E-state index in [2.05, 4.69) is 33.0 Å². The number of nitrogens with one attached hydrogen (secondary N) is 3. The third-order valence-corrected chi connectivity index (χ3v) is 14.5. The molecule has 3 heterocycles. The average Bonchev–Trinajstić information content (AvgIpc) is 3.95. The summed E-state index contributed by atoms with van der Waals surface area (Å²) in [6.07, 6.45) is 11.5. The molecule has 3 N–H and O–H groups in total. The molecule has 3 aliphatic carbocycles. The van der Waals surface area contributed by atoms with Gasteiger partial charge in [0.2, 0.25) is 27.7 Å². The number of likely N-dealkylation sites (tertiary alicyclic amines) is 2. The molecule has 316 valence electrons. The van der Waals surface area contributed by atoms with Crippen LogP contribution in [0.4, 0.5) is 4.79 Å². The molecular weight excluding hydrogens is 765 g/mol. The lowest BCUT2D eigenvalue weighted by atomic mass is 9.96. The first-order chi connectivity index (χ1) is 28.0. The lowest BCUT2D eigenvalue weighted by Crippen LogP contribution is -2.59. The van der Waals surface area contributed by atoms with Crippen molar-refractivity contribution < 1.29 is 41.8 Å². The van der Waals surface area contributed by atoms with Crippen molar-refractivity contribution in [1.29, 1.82) is 0 Å². The molecule has 1 aromatic heterocycles. The number of ether oxygens (including phenoxy) is 3. The highest BCUT2D eigenvalue weighted by molar-refractivity contribution is 7.91. The predicted octanol–water partition coefficient (Wildman–Crippen LogP) is 3.98. The molecule has 5 aliphatic rings. The Kier molecular flexibility index (Phi) is 12.8. The lowest BCUT2D eigenvalue weighted by molar-refractivity contribution is -0.141. The number of methoxy groups -OCH3 is 2. The van der Waals surface area contributed by atoms with Gasteiger partial charge in [0.1, 0.15) is 23.4 Å². The van der Waals surface area contributed by atoms with Gasteiger partial charge in [-0.1, -0.05) is 25.3 Å². The van der Waals surface area contributed by atoms with E-state index in [0.29, 0.717) is 64.2 Å². The number of amides is 5. The topological polar surface area (TPSA) is 186 Å². The van der Waals surface area contributed by atoms with Gasteiger partial charge in [-0.3, -0.25) is 19.1 Å². The van der Waals surface area contributed by atoms with Crippen molar-refractivity contribution in [2.75, 3.05) is 40.5 Å². The first-order valence-electron chi connectivity index (χ1n) is 21.0. The van der Waals surface area contributed by atoms with Crippen molar-refractivity contribution in [2.45, 2.75) is 119 Å². The van der Waals surface area contributed by atoms with Crippen LogP contribution in [-0.4, -0.2) is 116 Å². The Labute approximate surface area is 341 Å². The molecule has 3 saturated carbocycles. The molecule has 7 rings (SSSR count). The van der Waals surface area contributed by atoms with Crippen molar-refractivity contribution in [3.63, 3.8) is 0 Å². The van der Waals surface area contributed by atoms with E-state index in [-0.39, 0.29) is 30.4 Å². The molecule has 5 fully saturated rings. The number of rotatable bonds is 18. The molecule has 2 aliphatic heterocycles. The largest absolute Gasteiger partial charge is 0.497 e. The summed E-state index contributed by atoms with van der Waals surface area (Å²) in [5.41, 5.74) is 0.464. The van der Waals surface area contributed by atoms with E-state index in [9.17, 15) is 27.6 Å². The zero-order chi connectivity index (χ0) is 41.0. The number of pyridine rings is 1. The molecule has 0 spiro atoms. The van der Waals surface area contributed by atoms with E-state index >= 15 is 0 Å². The van der Waals surface area contributed by atoms with E-state index < -0.39 is 50.6 Å². The number of carbonyl (C=O) groups excluding carboxylic acids is 4. The van der Waals surface area contributed by atoms with Crippen LogP contribution >= 0.6 is 0 Å². The number of hydrogen-bond donors (Lipinski definition) is 3. The van der Waals surface area contributed by atoms with Gasteiger partial charge < -0.3 is 34.6 Å². The van der Waals surface area contributed by atoms with Gasteiger partial charge >= 0.3 is 6.03 Å². The zero-order valence-electron chi connectivity index (χ0n) is 33.7. The van der Waals surface area contributed by atoms with E-state index in [1.54, 1.807) is 25.2 Å². The Hall–Kier alpha value is -4.44. The molecule has 16 heteroatoms. The highest BCUT2D eigenvalue weighted by Gasteiger charge is 2.61. The van der Waals surface area contributed by atoms with Gasteiger partial charge in [0.05, 0.1) is 31.1 Å². The van der Waals surface area contributed by atoms with Crippen molar-refractivity contribution in [3.05, 3.63) is 42.5 Å². The number of sulfonamides is 1. The number of urea groups is 1. The Bertz CT molecular complexity index is 1990. The third-order valence-electron chi connectivity index (χ3n) is 12.6. The smallest absolute Gasteiger partial charge is 0.318 e. The zero-order valence-corrected chi connectivity index (χ0v) is 34.5. The number of carbonyl (C=O) groups is 4. The summed E-state index contributed by atoms with van der Waals surface area (Å²) in [5.74, 6) is -0.673. The molecule has 5 amide bonds. The first-order valence-corrected chi connectivity index (χ1v) is 22.5. The number of aryl methyl sites for hydroxylation is 1. The Morgan fingerprint density at radius 1 is 0.983 bits per heavy atom. The van der Waals surface area contributed by atoms with Gasteiger partial charge in [0, 0.05) is 49.2 Å². The Balaban J connectivity index is 0.886. The SMILES string of the molecule is C=C[C@H]1C[C@]1(NC(=O)[C@@H]1CCCN1C(=O)[C@@H](NC(=O)N1CC[C@H](OCCCCCc2cc3ccc(OC)cc3nc2OC)C1)C1CCCC1)C(=O)NS(=O)(=O)C1CC1. The van der Waals surface area contributed by atoms with Crippen LogP contribution in [0.3, 0.4) is 0 Å². The second-order valence-corrected chi connectivity index (χ2v) is 18.6. The van der Waals surface area contributed by atoms with E-state index in [1.807, 2.05) is 18.2 Å². The molecule has 2 saturated heterocycles. The summed E-state index contributed by atoms with van der Waals surface area (Å²) in [6, 6.07) is 6.01. The standard InChI is InChI=1S/C42H58N6O9S/c1-4-30-25-42(30,40(51)46-58(53,54)33-17-18-33)45-37(49)35-14-10-20-48(35)39(50)36(27-11-7-8-12-27)44-41(52)47-21-19-32(26-47)57-22-9-5-6-13-29-23-28-15-16-31(55-2)24-34(28)43-38(29)56-3/h4,15-16,23-24,27,30,32-33,35-36H,1,5-14,17-22,25-26H2,2-3H3,(H,44,52)(H,45,49)(H,46,51)/t30-,32-,35-,36-,42+/m0/s1. The summed E-state index contributed by atoms with van der Waals surface area (Å²) in [6.45, 7) is 5.65. The molecule has 0 unspecified atom stereocenters. The number of aromatic nitrogens is 1. The maximum atomic E-state index is 14.3. The Morgan fingerprint density at radius 2 is 1.78 bits per heavy atom. The molecule has 58 heavy (non-hydrogen) atoms. The molecular formula is C42H58N6O9S. The molecule has 0 radical (unpaired) electrons. The molecule has 2 aromatic rings. The number of benzene rings is 1. The van der Waals surface area contributed by atoms with E-state index in [0.717, 1.165) is 73.6 Å². The number of unbranched alkanes of at least 4 members (excludes halogenated alkanes) is 2. The van der Waals surface area contributed by atoms with Crippen LogP contribution in [-0.2, 0) is 35.6 Å². The quantitative estimate of drug-likeness (QED) is 0.147. The van der Waals surface area contributed by atoms with Crippen LogP contribution < -0.4 is 24.8 Å². The lowest BCUT2D eigenvalue weighted by Gasteiger charge is -2.33. The fourth-order valence-electron chi connectivity index (χ4n) is 8.95. The van der Waals surface area contributed by atoms with Gasteiger partial charge in [-0.05, 0) is 94.7 Å². The van der Waals surface area contributed by atoms with Crippen molar-refractivity contribution in [1.82, 2.24) is 30.1 Å². The van der Waals surface area contributed by atoms with E-state index in [4.69, 9.17) is 14.2 Å². The van der Waals surface area contributed by atoms with Crippen molar-refractivity contribution in [2.24, 2.45) is 11.8 Å². The molecule has 0 bridgehead atoms. The minimum atomic E-state index is -3.82. The fourth-order valence-corrected chi connectivity index (χ4v) is 10.3. The summed E-state index contributed by atoms with van der Waals surface area (Å²) in [7, 11) is -0.550. The second-order valence-electron chi connectivity index (χ2n) is 16.6. The van der Waals surface area contributed by atoms with E-state index in [1.165, 1.54) is 4.90 Å². The van der Waals surface area contributed by atoms with Gasteiger partial charge in [-0.2, -0.15) is 0 Å². The van der Waals surface area contributed by atoms with Crippen LogP contribution in [0, 0.1) is 11.8 Å². The Morgan fingerprint density at radius 3 is 2.48 bits per heavy atom. The van der Waals surface area contributed by atoms with Crippen LogP contribution in [0.15, 0.2) is 36.9 Å². The fraction of sp³-hybridized carbons (Fsp3) is 0.643. The normalized spacial score (nSPS) is 25.0. The highest BCUT2D eigenvalue weighted by atomic mass is 32.2. The highest BCUT2D eigenvalue weighted by Crippen LogP contribution is 2.45. The first kappa shape index (κ1) is 41.7. The number of hydrogen-bond acceptors (Lipinski definition) is 10. The predicted molar refractivity (Wildman–Crippen MR) is 217 cm³/mol. The third kappa shape index (κ3) is 9.22. The van der Waals surface area contributed by atoms with Crippen LogP contribution in [0.2, 0.25) is 0 Å². The van der Waals surface area contributed by atoms with Gasteiger partial charge in [-0.25, -0.2) is 18.2 Å². The molecule has 15 nitrogen and oxygen atoms in total. The van der Waals surface area contributed by atoms with Crippen molar-refractivity contribution in [3.8, 4) is 11.6 Å². The van der Waals surface area contributed by atoms with Crippen LogP contribution in [0.1, 0.15) is 89.0 Å². The molecule has 1 aromatic carbocycles. The maximum absolute atomic E-state index is 14.3. The monoisotopic (exact) mass is 822 g/mol. The summed E-state index contributed by atoms with van der Waals surface area (Å²) >= 11 is 0. The van der Waals surface area contributed by atoms with Crippen LogP contribution in [0.5, 0.6) is 11.6 Å². The van der Waals surface area contributed by atoms with Gasteiger partial charge in [0.15, 0.2) is 0 Å². The summed E-state index contributed by atoms with van der Waals surface area (Å²) in [5, 5.41) is 6.33. The maximum Gasteiger partial charge on any atom is 0.318 e. The van der Waals surface area contributed by atoms with Gasteiger partial charge in [-0.15, -0.1) is 6.58 Å².